The zero-order valence-corrected chi connectivity index (χ0v) is 8.19. The molecule has 1 saturated heterocycles. The highest BCUT2D eigenvalue weighted by molar-refractivity contribution is 5.50. The summed E-state index contributed by atoms with van der Waals surface area (Å²) in [5.41, 5.74) is -2.45. The monoisotopic (exact) mass is 256 g/mol. The van der Waals surface area contributed by atoms with Gasteiger partial charge in [-0.25, -0.2) is 0 Å². The average molecular weight is 256 g/mol. The molecule has 0 radical (unpaired) electrons. The second-order valence-electron chi connectivity index (χ2n) is 4.35. The van der Waals surface area contributed by atoms with E-state index >= 15 is 0 Å². The molecule has 1 aliphatic heterocycles. The van der Waals surface area contributed by atoms with Crippen molar-refractivity contribution in [2.24, 2.45) is 11.8 Å². The molecule has 2 aliphatic carbocycles. The Hall–Kier alpha value is -0.980. The van der Waals surface area contributed by atoms with Crippen LogP contribution in [0.1, 0.15) is 0 Å². The third-order valence-corrected chi connectivity index (χ3v) is 3.48. The van der Waals surface area contributed by atoms with Gasteiger partial charge in [-0.15, -0.1) is 0 Å². The lowest BCUT2D eigenvalue weighted by atomic mass is 9.75. The van der Waals surface area contributed by atoms with Crippen molar-refractivity contribution >= 4 is 0 Å². The van der Waals surface area contributed by atoms with Gasteiger partial charge in [0, 0.05) is 11.8 Å². The van der Waals surface area contributed by atoms with Crippen LogP contribution in [0.5, 0.6) is 0 Å². The summed E-state index contributed by atoms with van der Waals surface area (Å²) in [6, 6.07) is 0. The smallest absolute Gasteiger partial charge is 0.368 e. The van der Waals surface area contributed by atoms with Gasteiger partial charge in [0.05, 0.1) is 23.9 Å². The second-order valence-corrected chi connectivity index (χ2v) is 4.35. The molecule has 3 aliphatic rings. The molecule has 1 nitrogen and oxygen atoms in total. The number of hydrogen-bond acceptors (Lipinski definition) is 1. The molecule has 0 saturated carbocycles. The molecule has 0 amide bonds. The lowest BCUT2D eigenvalue weighted by Gasteiger charge is -2.29. The van der Waals surface area contributed by atoms with E-state index in [-0.39, 0.29) is 6.61 Å². The summed E-state index contributed by atoms with van der Waals surface area (Å²) in [7, 11) is 0. The molecule has 3 rings (SSSR count). The van der Waals surface area contributed by atoms with Gasteiger partial charge in [0.25, 0.3) is 0 Å². The quantitative estimate of drug-likeness (QED) is 0.478. The molecular formula is C10H6F6O. The SMILES string of the molecule is FC(F)(F)C1=C(C(F)(F)F)C2OCC3=CC1C32. The Bertz CT molecular complexity index is 441. The first kappa shape index (κ1) is 11.1. The van der Waals surface area contributed by atoms with E-state index in [4.69, 9.17) is 4.74 Å². The van der Waals surface area contributed by atoms with Crippen LogP contribution in [0.3, 0.4) is 0 Å². The van der Waals surface area contributed by atoms with Gasteiger partial charge in [0.2, 0.25) is 0 Å². The predicted molar refractivity (Wildman–Crippen MR) is 43.9 cm³/mol. The van der Waals surface area contributed by atoms with E-state index in [0.29, 0.717) is 5.57 Å². The summed E-state index contributed by atoms with van der Waals surface area (Å²) < 4.78 is 81.0. The van der Waals surface area contributed by atoms with Crippen molar-refractivity contribution in [1.82, 2.24) is 0 Å². The number of alkyl halides is 6. The van der Waals surface area contributed by atoms with Crippen LogP contribution in [0.2, 0.25) is 0 Å². The highest BCUT2D eigenvalue weighted by atomic mass is 19.4. The molecule has 94 valence electrons. The molecule has 7 heteroatoms. The van der Waals surface area contributed by atoms with E-state index in [2.05, 4.69) is 0 Å². The molecule has 1 fully saturated rings. The summed E-state index contributed by atoms with van der Waals surface area (Å²) in [4.78, 5) is 0. The van der Waals surface area contributed by atoms with Crippen molar-refractivity contribution in [3.05, 3.63) is 22.8 Å². The largest absolute Gasteiger partial charge is 0.415 e. The lowest BCUT2D eigenvalue weighted by Crippen LogP contribution is -2.28. The number of hydrogen-bond donors (Lipinski definition) is 0. The number of rotatable bonds is 0. The average Bonchev–Trinajstić information content (AvgIpc) is 2.45. The highest BCUT2D eigenvalue weighted by Gasteiger charge is 2.64. The summed E-state index contributed by atoms with van der Waals surface area (Å²) in [5, 5.41) is 0. The zero-order chi connectivity index (χ0) is 12.6. The highest BCUT2D eigenvalue weighted by Crippen LogP contribution is 2.60. The Labute approximate surface area is 91.7 Å². The maximum Gasteiger partial charge on any atom is 0.415 e. The van der Waals surface area contributed by atoms with Crippen molar-refractivity contribution in [3.63, 3.8) is 0 Å². The van der Waals surface area contributed by atoms with Crippen LogP contribution >= 0.6 is 0 Å². The summed E-state index contributed by atoms with van der Waals surface area (Å²) in [6.07, 6.45) is -10.2. The van der Waals surface area contributed by atoms with E-state index in [1.54, 1.807) is 0 Å². The summed E-state index contributed by atoms with van der Waals surface area (Å²) in [6.45, 7) is 0.0105. The standard InChI is InChI=1S/C10H6F6O/c11-9(12,13)6-4-1-3-2-17-8(5(3)4)7(6)10(14,15)16/h1,4-5,8H,2H2. The Balaban J connectivity index is 2.15. The van der Waals surface area contributed by atoms with Crippen LogP contribution in [-0.4, -0.2) is 25.1 Å². The van der Waals surface area contributed by atoms with Crippen LogP contribution in [0, 0.1) is 11.8 Å². The van der Waals surface area contributed by atoms with Crippen molar-refractivity contribution in [1.29, 1.82) is 0 Å². The van der Waals surface area contributed by atoms with Gasteiger partial charge in [0.15, 0.2) is 0 Å². The topological polar surface area (TPSA) is 9.23 Å². The Kier molecular flexibility index (Phi) is 1.89. The van der Waals surface area contributed by atoms with E-state index in [9.17, 15) is 26.3 Å². The normalized spacial score (nSPS) is 35.9. The van der Waals surface area contributed by atoms with E-state index in [1.807, 2.05) is 0 Å². The maximum absolute atomic E-state index is 12.7. The van der Waals surface area contributed by atoms with Crippen molar-refractivity contribution < 1.29 is 31.1 Å². The number of ether oxygens (including phenoxy) is 1. The molecular weight excluding hydrogens is 250 g/mol. The van der Waals surface area contributed by atoms with Crippen LogP contribution in [-0.2, 0) is 4.74 Å². The predicted octanol–water partition coefficient (Wildman–Crippen LogP) is 2.99. The van der Waals surface area contributed by atoms with Crippen LogP contribution in [0.25, 0.3) is 0 Å². The molecule has 0 N–H and O–H groups in total. The van der Waals surface area contributed by atoms with Crippen molar-refractivity contribution in [2.45, 2.75) is 18.5 Å². The fourth-order valence-corrected chi connectivity index (χ4v) is 2.89. The van der Waals surface area contributed by atoms with Gasteiger partial charge in [0.1, 0.15) is 0 Å². The fraction of sp³-hybridized carbons (Fsp3) is 0.600. The molecule has 0 aromatic carbocycles. The molecule has 0 spiro atoms. The Morgan fingerprint density at radius 3 is 2.12 bits per heavy atom. The first-order valence-electron chi connectivity index (χ1n) is 4.92. The van der Waals surface area contributed by atoms with Gasteiger partial charge >= 0.3 is 12.4 Å². The second kappa shape index (κ2) is 2.88. The van der Waals surface area contributed by atoms with Crippen LogP contribution in [0.4, 0.5) is 26.3 Å². The van der Waals surface area contributed by atoms with Gasteiger partial charge in [-0.3, -0.25) is 0 Å². The van der Waals surface area contributed by atoms with Crippen molar-refractivity contribution in [3.8, 4) is 0 Å². The first-order valence-corrected chi connectivity index (χ1v) is 4.92. The molecule has 1 heterocycles. The van der Waals surface area contributed by atoms with Gasteiger partial charge < -0.3 is 4.74 Å². The minimum Gasteiger partial charge on any atom is -0.368 e. The Morgan fingerprint density at radius 1 is 1.00 bits per heavy atom. The van der Waals surface area contributed by atoms with Gasteiger partial charge in [-0.05, 0) is 5.57 Å². The van der Waals surface area contributed by atoms with Gasteiger partial charge in [-0.2, -0.15) is 26.3 Å². The number of halogens is 6. The Morgan fingerprint density at radius 2 is 1.59 bits per heavy atom. The lowest BCUT2D eigenvalue weighted by molar-refractivity contribution is -0.123. The van der Waals surface area contributed by atoms with E-state index in [0.717, 1.165) is 0 Å². The fourth-order valence-electron chi connectivity index (χ4n) is 2.89. The first-order chi connectivity index (χ1) is 7.71. The zero-order valence-electron chi connectivity index (χ0n) is 8.19. The minimum atomic E-state index is -4.99. The van der Waals surface area contributed by atoms with E-state index < -0.39 is 41.4 Å². The minimum absolute atomic E-state index is 0.0105. The third kappa shape index (κ3) is 1.31. The maximum atomic E-state index is 12.7. The number of allylic oxidation sites excluding steroid dienone is 2. The third-order valence-electron chi connectivity index (χ3n) is 3.48. The van der Waals surface area contributed by atoms with Crippen LogP contribution < -0.4 is 0 Å². The molecule has 0 aromatic rings. The molecule has 17 heavy (non-hydrogen) atoms. The summed E-state index contributed by atoms with van der Waals surface area (Å²) >= 11 is 0. The van der Waals surface area contributed by atoms with Crippen molar-refractivity contribution in [2.75, 3.05) is 6.61 Å². The molecule has 3 atom stereocenters. The van der Waals surface area contributed by atoms with E-state index in [1.165, 1.54) is 6.08 Å². The molecule has 0 bridgehead atoms. The molecule has 0 aromatic heterocycles. The summed E-state index contributed by atoms with van der Waals surface area (Å²) in [5.74, 6) is -1.92. The van der Waals surface area contributed by atoms with Gasteiger partial charge in [-0.1, -0.05) is 6.08 Å². The van der Waals surface area contributed by atoms with Crippen LogP contribution in [0.15, 0.2) is 22.8 Å². The molecule has 3 unspecified atom stereocenters.